The van der Waals surface area contributed by atoms with Crippen LogP contribution >= 0.6 is 11.3 Å². The first-order valence-corrected chi connectivity index (χ1v) is 12.4. The molecule has 0 spiro atoms. The van der Waals surface area contributed by atoms with Gasteiger partial charge in [0.25, 0.3) is 0 Å². The normalized spacial score (nSPS) is 15.5. The fourth-order valence-corrected chi connectivity index (χ4v) is 5.03. The quantitative estimate of drug-likeness (QED) is 0.181. The summed E-state index contributed by atoms with van der Waals surface area (Å²) < 4.78 is 9.75. The predicted octanol–water partition coefficient (Wildman–Crippen LogP) is 6.51. The number of rotatable bonds is 10. The Kier molecular flexibility index (Phi) is 11.6. The Hall–Kier alpha value is -2.83. The molecule has 1 heterocycles. The van der Waals surface area contributed by atoms with Crippen LogP contribution in [-0.4, -0.2) is 37.8 Å². The molecule has 0 radical (unpaired) electrons. The van der Waals surface area contributed by atoms with E-state index in [1.54, 1.807) is 27.2 Å². The fourth-order valence-electron chi connectivity index (χ4n) is 3.78. The van der Waals surface area contributed by atoms with Crippen molar-refractivity contribution in [2.75, 3.05) is 26.1 Å². The first-order valence-electron chi connectivity index (χ1n) is 11.6. The highest BCUT2D eigenvalue weighted by Crippen LogP contribution is 2.39. The molecular formula is C28H38N2O3S. The summed E-state index contributed by atoms with van der Waals surface area (Å²) in [5.41, 5.74) is 2.58. The van der Waals surface area contributed by atoms with Crippen molar-refractivity contribution in [1.29, 1.82) is 0 Å². The molecule has 5 nitrogen and oxygen atoms in total. The van der Waals surface area contributed by atoms with Gasteiger partial charge in [-0.15, -0.1) is 11.3 Å². The van der Waals surface area contributed by atoms with Gasteiger partial charge in [0.05, 0.1) is 18.7 Å². The highest BCUT2D eigenvalue weighted by atomic mass is 32.1. The third-order valence-electron chi connectivity index (χ3n) is 5.71. The lowest BCUT2D eigenvalue weighted by atomic mass is 9.89. The van der Waals surface area contributed by atoms with Crippen LogP contribution in [0.5, 0.6) is 0 Å². The lowest BCUT2D eigenvalue weighted by molar-refractivity contribution is -0.130. The van der Waals surface area contributed by atoms with Crippen molar-refractivity contribution in [3.05, 3.63) is 89.5 Å². The minimum absolute atomic E-state index is 0.0399. The van der Waals surface area contributed by atoms with Gasteiger partial charge in [0, 0.05) is 25.5 Å². The molecule has 1 aliphatic rings. The number of carbonyl (C=O) groups is 1. The molecule has 184 valence electrons. The minimum Gasteiger partial charge on any atom is -0.497 e. The Morgan fingerprint density at radius 1 is 1.32 bits per heavy atom. The van der Waals surface area contributed by atoms with E-state index in [1.807, 2.05) is 46.6 Å². The number of allylic oxidation sites excluding steroid dienone is 1. The molecule has 2 atom stereocenters. The molecule has 1 aromatic carbocycles. The molecule has 1 aromatic heterocycles. The summed E-state index contributed by atoms with van der Waals surface area (Å²) in [6.07, 6.45) is 9.01. The van der Waals surface area contributed by atoms with Crippen molar-refractivity contribution in [3.8, 4) is 0 Å². The average molecular weight is 483 g/mol. The van der Waals surface area contributed by atoms with E-state index in [0.29, 0.717) is 24.8 Å². The first kappa shape index (κ1) is 27.4. The summed E-state index contributed by atoms with van der Waals surface area (Å²) in [4.78, 5) is 15.8. The second-order valence-electron chi connectivity index (χ2n) is 8.26. The van der Waals surface area contributed by atoms with Crippen molar-refractivity contribution in [3.63, 3.8) is 0 Å². The number of hydrogen-bond acceptors (Lipinski definition) is 5. The van der Waals surface area contributed by atoms with Gasteiger partial charge in [0.1, 0.15) is 11.9 Å². The third-order valence-corrected chi connectivity index (χ3v) is 6.85. The number of fused-ring (bicyclic) bond motifs is 1. The topological polar surface area (TPSA) is 50.8 Å². The van der Waals surface area contributed by atoms with Crippen molar-refractivity contribution >= 4 is 22.2 Å². The maximum atomic E-state index is 12.5. The van der Waals surface area contributed by atoms with E-state index >= 15 is 0 Å². The van der Waals surface area contributed by atoms with Gasteiger partial charge in [0.15, 0.2) is 0 Å². The second kappa shape index (κ2) is 14.4. The molecule has 2 unspecified atom stereocenters. The molecule has 1 amide bonds. The van der Waals surface area contributed by atoms with Gasteiger partial charge in [0.2, 0.25) is 5.91 Å². The van der Waals surface area contributed by atoms with E-state index in [0.717, 1.165) is 17.0 Å². The number of nitrogens with zero attached hydrogens (tertiary/aromatic N) is 1. The maximum absolute atomic E-state index is 12.5. The molecule has 0 saturated carbocycles. The number of anilines is 1. The van der Waals surface area contributed by atoms with Crippen LogP contribution in [0, 0.1) is 0 Å². The SMILES string of the molecule is C=CC(=C)OC.COC/C=C/C(Nc1cc2c(s1)CCCC2C)N(Cc1ccccc1)C(C)=O. The number of aryl methyl sites for hydroxylation is 1. The first-order chi connectivity index (χ1) is 16.4. The zero-order valence-corrected chi connectivity index (χ0v) is 21.7. The molecule has 0 aliphatic heterocycles. The van der Waals surface area contributed by atoms with Gasteiger partial charge in [-0.2, -0.15) is 0 Å². The smallest absolute Gasteiger partial charge is 0.221 e. The van der Waals surface area contributed by atoms with E-state index < -0.39 is 0 Å². The molecular weight excluding hydrogens is 444 g/mol. The summed E-state index contributed by atoms with van der Waals surface area (Å²) >= 11 is 1.83. The number of thiophene rings is 1. The van der Waals surface area contributed by atoms with Gasteiger partial charge < -0.3 is 19.7 Å². The summed E-state index contributed by atoms with van der Waals surface area (Å²) in [5.74, 6) is 1.26. The zero-order valence-electron chi connectivity index (χ0n) is 20.9. The lowest BCUT2D eigenvalue weighted by Crippen LogP contribution is -2.42. The van der Waals surface area contributed by atoms with E-state index in [-0.39, 0.29) is 12.1 Å². The molecule has 0 bridgehead atoms. The van der Waals surface area contributed by atoms with Crippen molar-refractivity contribution in [2.24, 2.45) is 0 Å². The van der Waals surface area contributed by atoms with Crippen LogP contribution < -0.4 is 5.32 Å². The van der Waals surface area contributed by atoms with Crippen LogP contribution in [0.3, 0.4) is 0 Å². The fraction of sp³-hybridized carbons (Fsp3) is 0.393. The molecule has 1 N–H and O–H groups in total. The Bertz CT molecular complexity index is 952. The van der Waals surface area contributed by atoms with Crippen molar-refractivity contribution in [1.82, 2.24) is 4.90 Å². The molecule has 6 heteroatoms. The number of ether oxygens (including phenoxy) is 2. The van der Waals surface area contributed by atoms with E-state index in [4.69, 9.17) is 4.74 Å². The van der Waals surface area contributed by atoms with Crippen LogP contribution in [-0.2, 0) is 27.2 Å². The highest BCUT2D eigenvalue weighted by Gasteiger charge is 2.23. The highest BCUT2D eigenvalue weighted by molar-refractivity contribution is 7.16. The lowest BCUT2D eigenvalue weighted by Gasteiger charge is -2.30. The zero-order chi connectivity index (χ0) is 24.9. The number of carbonyl (C=O) groups excluding carboxylic acids is 1. The van der Waals surface area contributed by atoms with Crippen LogP contribution in [0.4, 0.5) is 5.00 Å². The molecule has 0 saturated heterocycles. The second-order valence-corrected chi connectivity index (χ2v) is 9.40. The summed E-state index contributed by atoms with van der Waals surface area (Å²) in [6, 6.07) is 12.4. The van der Waals surface area contributed by atoms with Gasteiger partial charge in [-0.25, -0.2) is 0 Å². The standard InChI is InChI=1S/C23H30N2O2S.C5H8O/c1-17-9-7-12-21-20(17)15-23(28-21)24-22(13-8-14-27-3)25(18(2)26)16-19-10-5-4-6-11-19;1-4-5(2)6-3/h4-6,8,10-11,13,15,17,22,24H,7,9,12,14,16H2,1-3H3;4H,1-2H2,3H3/b13-8+;. The Morgan fingerprint density at radius 3 is 2.62 bits per heavy atom. The van der Waals surface area contributed by atoms with E-state index in [2.05, 4.69) is 48.3 Å². The van der Waals surface area contributed by atoms with Gasteiger partial charge >= 0.3 is 0 Å². The van der Waals surface area contributed by atoms with Gasteiger partial charge in [-0.1, -0.05) is 56.5 Å². The molecule has 3 rings (SSSR count). The largest absolute Gasteiger partial charge is 0.497 e. The number of nitrogens with one attached hydrogen (secondary N) is 1. The van der Waals surface area contributed by atoms with Gasteiger partial charge in [-0.05, 0) is 54.5 Å². The third kappa shape index (κ3) is 8.50. The number of methoxy groups -OCH3 is 2. The van der Waals surface area contributed by atoms with Crippen LogP contribution in [0.2, 0.25) is 0 Å². The van der Waals surface area contributed by atoms with Crippen molar-refractivity contribution < 1.29 is 14.3 Å². The summed E-state index contributed by atoms with van der Waals surface area (Å²) in [7, 11) is 3.23. The Balaban J connectivity index is 0.000000604. The predicted molar refractivity (Wildman–Crippen MR) is 143 cm³/mol. The van der Waals surface area contributed by atoms with Crippen molar-refractivity contribution in [2.45, 2.75) is 51.7 Å². The Labute approximate surface area is 208 Å². The van der Waals surface area contributed by atoms with Crippen LogP contribution in [0.25, 0.3) is 0 Å². The maximum Gasteiger partial charge on any atom is 0.221 e. The number of benzene rings is 1. The molecule has 2 aromatic rings. The molecule has 1 aliphatic carbocycles. The van der Waals surface area contributed by atoms with Crippen LogP contribution in [0.1, 0.15) is 48.6 Å². The molecule has 0 fully saturated rings. The van der Waals surface area contributed by atoms with E-state index in [1.165, 1.54) is 23.3 Å². The minimum atomic E-state index is -0.219. The monoisotopic (exact) mass is 482 g/mol. The van der Waals surface area contributed by atoms with Crippen LogP contribution in [0.15, 0.2) is 73.5 Å². The summed E-state index contributed by atoms with van der Waals surface area (Å²) in [6.45, 7) is 11.9. The summed E-state index contributed by atoms with van der Waals surface area (Å²) in [5, 5.41) is 4.73. The van der Waals surface area contributed by atoms with Gasteiger partial charge in [-0.3, -0.25) is 4.79 Å². The Morgan fingerprint density at radius 2 is 2.06 bits per heavy atom. The van der Waals surface area contributed by atoms with E-state index in [9.17, 15) is 4.79 Å². The average Bonchev–Trinajstić information content (AvgIpc) is 3.26. The number of amides is 1. The number of hydrogen-bond donors (Lipinski definition) is 1. The molecule has 34 heavy (non-hydrogen) atoms.